The number of anilines is 1. The lowest BCUT2D eigenvalue weighted by atomic mass is 10.1. The number of thioether (sulfide) groups is 1. The first-order valence-corrected chi connectivity index (χ1v) is 9.44. The molecule has 0 fully saturated rings. The number of benzene rings is 2. The minimum absolute atomic E-state index is 0.164. The lowest BCUT2D eigenvalue weighted by molar-refractivity contribution is -0.118. The Balaban J connectivity index is 1.73. The topological polar surface area (TPSA) is 38.8 Å². The van der Waals surface area contributed by atoms with Gasteiger partial charge in [-0.15, -0.1) is 11.8 Å². The number of amides is 1. The quantitative estimate of drug-likeness (QED) is 0.805. The van der Waals surface area contributed by atoms with Gasteiger partial charge in [-0.05, 0) is 48.4 Å². The van der Waals surface area contributed by atoms with Gasteiger partial charge >= 0.3 is 0 Å². The fourth-order valence-electron chi connectivity index (χ4n) is 2.98. The summed E-state index contributed by atoms with van der Waals surface area (Å²) >= 11 is 1.83. The number of rotatable bonds is 5. The van der Waals surface area contributed by atoms with E-state index in [-0.39, 0.29) is 5.91 Å². The molecule has 0 aliphatic carbocycles. The number of hydrogen-bond donors (Lipinski definition) is 0. The molecule has 0 aromatic heterocycles. The number of methoxy groups -OCH3 is 2. The van der Waals surface area contributed by atoms with E-state index in [9.17, 15) is 4.79 Å². The first kappa shape index (κ1) is 17.7. The standard InChI is InChI=1S/C20H23NO3S/c1-23-16-12-15(13-17(14-16)24-2)8-9-20(22)21-10-5-11-25-19-7-4-3-6-18(19)21/h3-4,6-7,12-14H,5,8-11H2,1-2H3. The molecule has 1 amide bonds. The van der Waals surface area contributed by atoms with E-state index in [1.807, 2.05) is 53.1 Å². The van der Waals surface area contributed by atoms with Crippen molar-refractivity contribution < 1.29 is 14.3 Å². The average molecular weight is 357 g/mol. The van der Waals surface area contributed by atoms with Crippen molar-refractivity contribution >= 4 is 23.4 Å². The highest BCUT2D eigenvalue weighted by Crippen LogP contribution is 2.34. The molecule has 0 N–H and O–H groups in total. The maximum Gasteiger partial charge on any atom is 0.227 e. The van der Waals surface area contributed by atoms with Crippen molar-refractivity contribution in [3.05, 3.63) is 48.0 Å². The zero-order valence-corrected chi connectivity index (χ0v) is 15.5. The zero-order valence-electron chi connectivity index (χ0n) is 14.7. The zero-order chi connectivity index (χ0) is 17.6. The Bertz CT molecular complexity index is 725. The summed E-state index contributed by atoms with van der Waals surface area (Å²) in [7, 11) is 3.27. The van der Waals surface area contributed by atoms with Crippen LogP contribution < -0.4 is 14.4 Å². The molecule has 3 rings (SSSR count). The molecule has 132 valence electrons. The van der Waals surface area contributed by atoms with Crippen LogP contribution >= 0.6 is 11.8 Å². The Hall–Kier alpha value is -2.14. The second kappa shape index (κ2) is 8.30. The summed E-state index contributed by atoms with van der Waals surface area (Å²) in [6.07, 6.45) is 2.14. The van der Waals surface area contributed by atoms with Gasteiger partial charge in [-0.1, -0.05) is 12.1 Å². The van der Waals surface area contributed by atoms with Gasteiger partial charge in [0.2, 0.25) is 5.91 Å². The highest BCUT2D eigenvalue weighted by Gasteiger charge is 2.21. The number of carbonyl (C=O) groups excluding carboxylic acids is 1. The van der Waals surface area contributed by atoms with Gasteiger partial charge in [-0.25, -0.2) is 0 Å². The molecule has 0 radical (unpaired) electrons. The van der Waals surface area contributed by atoms with Crippen LogP contribution in [0.4, 0.5) is 5.69 Å². The summed E-state index contributed by atoms with van der Waals surface area (Å²) < 4.78 is 10.6. The normalized spacial score (nSPS) is 13.8. The Morgan fingerprint density at radius 3 is 2.56 bits per heavy atom. The predicted octanol–water partition coefficient (Wildman–Crippen LogP) is 4.17. The summed E-state index contributed by atoms with van der Waals surface area (Å²) in [4.78, 5) is 16.0. The van der Waals surface area contributed by atoms with Crippen molar-refractivity contribution in [2.45, 2.75) is 24.2 Å². The fraction of sp³-hybridized carbons (Fsp3) is 0.350. The van der Waals surface area contributed by atoms with Crippen LogP contribution in [-0.2, 0) is 11.2 Å². The van der Waals surface area contributed by atoms with Crippen LogP contribution in [0.5, 0.6) is 11.5 Å². The molecule has 1 aliphatic rings. The number of ether oxygens (including phenoxy) is 2. The molecule has 0 saturated carbocycles. The van der Waals surface area contributed by atoms with Crippen LogP contribution in [0.1, 0.15) is 18.4 Å². The lowest BCUT2D eigenvalue weighted by Gasteiger charge is -2.22. The maximum atomic E-state index is 12.9. The molecular weight excluding hydrogens is 334 g/mol. The largest absolute Gasteiger partial charge is 0.497 e. The number of fused-ring (bicyclic) bond motifs is 1. The number of para-hydroxylation sites is 1. The van der Waals surface area contributed by atoms with Crippen LogP contribution in [0.15, 0.2) is 47.4 Å². The van der Waals surface area contributed by atoms with Gasteiger partial charge in [0.15, 0.2) is 0 Å². The first-order chi connectivity index (χ1) is 12.2. The molecule has 4 nitrogen and oxygen atoms in total. The molecule has 0 spiro atoms. The summed E-state index contributed by atoms with van der Waals surface area (Å²) in [5.74, 6) is 2.71. The van der Waals surface area contributed by atoms with Crippen LogP contribution in [0.25, 0.3) is 0 Å². The molecule has 5 heteroatoms. The van der Waals surface area contributed by atoms with Crippen LogP contribution in [0.2, 0.25) is 0 Å². The molecule has 0 atom stereocenters. The second-order valence-electron chi connectivity index (χ2n) is 5.94. The van der Waals surface area contributed by atoms with Crippen LogP contribution in [0.3, 0.4) is 0 Å². The Labute approximate surface area is 153 Å². The summed E-state index contributed by atoms with van der Waals surface area (Å²) in [6, 6.07) is 13.9. The molecule has 0 saturated heterocycles. The number of carbonyl (C=O) groups is 1. The van der Waals surface area contributed by atoms with E-state index >= 15 is 0 Å². The van der Waals surface area contributed by atoms with Gasteiger partial charge in [0.1, 0.15) is 11.5 Å². The van der Waals surface area contributed by atoms with Crippen LogP contribution in [0, 0.1) is 0 Å². The maximum absolute atomic E-state index is 12.9. The molecule has 2 aromatic rings. The summed E-state index contributed by atoms with van der Waals surface area (Å²) in [6.45, 7) is 0.782. The molecular formula is C20H23NO3S. The van der Waals surface area contributed by atoms with E-state index in [4.69, 9.17) is 9.47 Å². The summed E-state index contributed by atoms with van der Waals surface area (Å²) in [5, 5.41) is 0. The smallest absolute Gasteiger partial charge is 0.227 e. The van der Waals surface area contributed by atoms with Gasteiger partial charge in [-0.3, -0.25) is 4.79 Å². The first-order valence-electron chi connectivity index (χ1n) is 8.45. The highest BCUT2D eigenvalue weighted by molar-refractivity contribution is 7.99. The van der Waals surface area contributed by atoms with E-state index in [1.165, 1.54) is 4.90 Å². The van der Waals surface area contributed by atoms with Crippen molar-refractivity contribution in [1.29, 1.82) is 0 Å². The predicted molar refractivity (Wildman–Crippen MR) is 102 cm³/mol. The van der Waals surface area contributed by atoms with Crippen LogP contribution in [-0.4, -0.2) is 32.4 Å². The number of aryl methyl sites for hydroxylation is 1. The Morgan fingerprint density at radius 1 is 1.12 bits per heavy atom. The van der Waals surface area contributed by atoms with E-state index < -0.39 is 0 Å². The fourth-order valence-corrected chi connectivity index (χ4v) is 3.98. The minimum atomic E-state index is 0.164. The highest BCUT2D eigenvalue weighted by atomic mass is 32.2. The van der Waals surface area contributed by atoms with Gasteiger partial charge in [0, 0.05) is 23.9 Å². The SMILES string of the molecule is COc1cc(CCC(=O)N2CCCSc3ccccc32)cc(OC)c1. The Kier molecular flexibility index (Phi) is 5.87. The molecule has 0 unspecified atom stereocenters. The van der Waals surface area contributed by atoms with Gasteiger partial charge in [0.05, 0.1) is 19.9 Å². The van der Waals surface area contributed by atoms with E-state index in [2.05, 4.69) is 6.07 Å². The van der Waals surface area contributed by atoms with E-state index in [0.29, 0.717) is 12.8 Å². The third kappa shape index (κ3) is 4.28. The van der Waals surface area contributed by atoms with Crippen molar-refractivity contribution in [3.8, 4) is 11.5 Å². The third-order valence-corrected chi connectivity index (χ3v) is 5.43. The summed E-state index contributed by atoms with van der Waals surface area (Å²) in [5.41, 5.74) is 2.08. The number of nitrogens with zero attached hydrogens (tertiary/aromatic N) is 1. The molecule has 1 heterocycles. The van der Waals surface area contributed by atoms with Crippen molar-refractivity contribution in [1.82, 2.24) is 0 Å². The molecule has 0 bridgehead atoms. The second-order valence-corrected chi connectivity index (χ2v) is 7.07. The van der Waals surface area contributed by atoms with E-state index in [0.717, 1.165) is 41.5 Å². The van der Waals surface area contributed by atoms with Gasteiger partial charge in [0.25, 0.3) is 0 Å². The monoisotopic (exact) mass is 357 g/mol. The average Bonchev–Trinajstić information content (AvgIpc) is 2.88. The van der Waals surface area contributed by atoms with Crippen molar-refractivity contribution in [3.63, 3.8) is 0 Å². The molecule has 25 heavy (non-hydrogen) atoms. The van der Waals surface area contributed by atoms with Crippen molar-refractivity contribution in [2.24, 2.45) is 0 Å². The Morgan fingerprint density at radius 2 is 1.84 bits per heavy atom. The third-order valence-electron chi connectivity index (χ3n) is 4.28. The van der Waals surface area contributed by atoms with Crippen molar-refractivity contribution in [2.75, 3.05) is 31.4 Å². The van der Waals surface area contributed by atoms with Gasteiger partial charge in [-0.2, -0.15) is 0 Å². The lowest BCUT2D eigenvalue weighted by Crippen LogP contribution is -2.32. The van der Waals surface area contributed by atoms with Gasteiger partial charge < -0.3 is 14.4 Å². The molecule has 1 aliphatic heterocycles. The molecule has 2 aromatic carbocycles. The number of hydrogen-bond acceptors (Lipinski definition) is 4. The minimum Gasteiger partial charge on any atom is -0.497 e. The van der Waals surface area contributed by atoms with E-state index in [1.54, 1.807) is 14.2 Å².